The van der Waals surface area contributed by atoms with Crippen molar-refractivity contribution in [2.75, 3.05) is 23.5 Å². The molecule has 5 rings (SSSR count). The Morgan fingerprint density at radius 2 is 1.80 bits per heavy atom. The molecule has 0 fully saturated rings. The Hall–Kier alpha value is -4.42. The summed E-state index contributed by atoms with van der Waals surface area (Å²) in [6, 6.07) is 14.3. The summed E-state index contributed by atoms with van der Waals surface area (Å²) < 4.78 is 30.0. The number of nitrogens with zero attached hydrogens (tertiary/aromatic N) is 2. The summed E-state index contributed by atoms with van der Waals surface area (Å²) in [5.41, 5.74) is 3.29. The largest absolute Gasteiger partial charge is 0.495 e. The van der Waals surface area contributed by atoms with Gasteiger partial charge in [0.05, 0.1) is 28.9 Å². The maximum absolute atomic E-state index is 12.7. The van der Waals surface area contributed by atoms with Crippen LogP contribution in [0.1, 0.15) is 50.4 Å². The van der Waals surface area contributed by atoms with Gasteiger partial charge < -0.3 is 15.4 Å². The Morgan fingerprint density at radius 3 is 2.52 bits per heavy atom. The molecule has 40 heavy (non-hydrogen) atoms. The minimum absolute atomic E-state index is 0.00429. The van der Waals surface area contributed by atoms with E-state index >= 15 is 0 Å². The molecule has 204 valence electrons. The van der Waals surface area contributed by atoms with Gasteiger partial charge in [-0.1, -0.05) is 32.8 Å². The first-order valence-corrected chi connectivity index (χ1v) is 14.8. The summed E-state index contributed by atoms with van der Waals surface area (Å²) in [5, 5.41) is 7.93. The van der Waals surface area contributed by atoms with E-state index in [0.717, 1.165) is 40.4 Å². The third-order valence-corrected chi connectivity index (χ3v) is 9.31. The number of hydrogen-bond donors (Lipinski definition) is 2. The monoisotopic (exact) mass is 554 g/mol. The van der Waals surface area contributed by atoms with Crippen molar-refractivity contribution in [1.82, 2.24) is 9.97 Å². The lowest BCUT2D eigenvalue weighted by atomic mass is 9.77. The van der Waals surface area contributed by atoms with Gasteiger partial charge in [-0.25, -0.2) is 18.4 Å². The fraction of sp³-hybridized carbons (Fsp3) is 0.258. The summed E-state index contributed by atoms with van der Waals surface area (Å²) in [4.78, 5) is 21.9. The van der Waals surface area contributed by atoms with E-state index in [1.807, 2.05) is 44.2 Å². The molecule has 4 aromatic rings. The van der Waals surface area contributed by atoms with E-state index in [9.17, 15) is 13.2 Å². The van der Waals surface area contributed by atoms with E-state index in [2.05, 4.69) is 32.4 Å². The zero-order valence-corrected chi connectivity index (χ0v) is 23.6. The zero-order chi connectivity index (χ0) is 28.5. The average Bonchev–Trinajstić information content (AvgIpc) is 3.26. The van der Waals surface area contributed by atoms with Gasteiger partial charge in [0.2, 0.25) is 5.91 Å². The van der Waals surface area contributed by atoms with E-state index in [1.165, 1.54) is 13.2 Å². The number of anilines is 3. The van der Waals surface area contributed by atoms with E-state index in [1.54, 1.807) is 31.5 Å². The number of aromatic nitrogens is 2. The molecule has 0 bridgehead atoms. The van der Waals surface area contributed by atoms with Gasteiger partial charge in [0.1, 0.15) is 17.3 Å². The number of fused-ring (bicyclic) bond motifs is 2. The molecule has 2 N–H and O–H groups in total. The van der Waals surface area contributed by atoms with Crippen LogP contribution < -0.4 is 15.4 Å². The lowest BCUT2D eigenvalue weighted by Gasteiger charge is -2.23. The molecule has 0 aliphatic carbocycles. The predicted octanol–water partition coefficient (Wildman–Crippen LogP) is 5.59. The maximum atomic E-state index is 12.7. The molecule has 1 aliphatic heterocycles. The first kappa shape index (κ1) is 27.2. The van der Waals surface area contributed by atoms with Crippen molar-refractivity contribution in [3.05, 3.63) is 77.7 Å². The van der Waals surface area contributed by atoms with Crippen molar-refractivity contribution in [1.29, 1.82) is 0 Å². The normalized spacial score (nSPS) is 13.8. The van der Waals surface area contributed by atoms with Gasteiger partial charge in [0, 0.05) is 40.5 Å². The lowest BCUT2D eigenvalue weighted by molar-refractivity contribution is -0.121. The van der Waals surface area contributed by atoms with Crippen molar-refractivity contribution >= 4 is 43.7 Å². The first-order valence-electron chi connectivity index (χ1n) is 13.1. The molecule has 1 aliphatic rings. The lowest BCUT2D eigenvalue weighted by Crippen LogP contribution is -2.32. The molecule has 3 heterocycles. The van der Waals surface area contributed by atoms with Gasteiger partial charge in [0.25, 0.3) is 0 Å². The second-order valence-electron chi connectivity index (χ2n) is 9.59. The van der Waals surface area contributed by atoms with Crippen LogP contribution in [-0.2, 0) is 20.0 Å². The zero-order valence-electron chi connectivity index (χ0n) is 22.8. The van der Waals surface area contributed by atoms with Crippen LogP contribution in [-0.4, -0.2) is 37.2 Å². The van der Waals surface area contributed by atoms with Crippen LogP contribution in [0.25, 0.3) is 10.8 Å². The second-order valence-corrected chi connectivity index (χ2v) is 11.9. The number of methoxy groups -OCH3 is 1. The molecule has 8 nitrogen and oxygen atoms in total. The smallest absolute Gasteiger partial charge is 0.235 e. The van der Waals surface area contributed by atoms with Gasteiger partial charge in [-0.3, -0.25) is 4.79 Å². The molecule has 0 spiro atoms. The third-order valence-electron chi connectivity index (χ3n) is 7.57. The predicted molar refractivity (Wildman–Crippen MR) is 157 cm³/mol. The van der Waals surface area contributed by atoms with Crippen LogP contribution in [0.15, 0.2) is 65.8 Å². The summed E-state index contributed by atoms with van der Waals surface area (Å²) >= 11 is 0. The highest BCUT2D eigenvalue weighted by atomic mass is 32.2. The summed E-state index contributed by atoms with van der Waals surface area (Å²) in [5.74, 6) is 7.34. The number of pyridine rings is 2. The highest BCUT2D eigenvalue weighted by molar-refractivity contribution is 7.91. The molecule has 9 heteroatoms. The molecule has 1 amide bonds. The molecule has 0 radical (unpaired) electrons. The minimum Gasteiger partial charge on any atom is -0.495 e. The highest BCUT2D eigenvalue weighted by Crippen LogP contribution is 2.43. The summed E-state index contributed by atoms with van der Waals surface area (Å²) in [7, 11) is -1.88. The van der Waals surface area contributed by atoms with Crippen LogP contribution in [0.5, 0.6) is 5.75 Å². The number of amides is 1. The number of hydrogen-bond acceptors (Lipinski definition) is 7. The highest BCUT2D eigenvalue weighted by Gasteiger charge is 2.43. The topological polar surface area (TPSA) is 110 Å². The number of rotatable bonds is 7. The van der Waals surface area contributed by atoms with Crippen molar-refractivity contribution in [3.8, 4) is 17.6 Å². The number of sulfone groups is 1. The summed E-state index contributed by atoms with van der Waals surface area (Å²) in [6.45, 7) is 5.68. The number of benzene rings is 2. The maximum Gasteiger partial charge on any atom is 0.235 e. The van der Waals surface area contributed by atoms with Crippen molar-refractivity contribution in [2.45, 2.75) is 43.9 Å². The van der Waals surface area contributed by atoms with E-state index in [4.69, 9.17) is 4.74 Å². The fourth-order valence-corrected chi connectivity index (χ4v) is 5.99. The number of carbonyl (C=O) groups is 1. The Labute approximate surface area is 234 Å². The van der Waals surface area contributed by atoms with Crippen LogP contribution in [0.3, 0.4) is 0 Å². The molecule has 0 saturated heterocycles. The average molecular weight is 555 g/mol. The van der Waals surface area contributed by atoms with Crippen LogP contribution in [0.4, 0.5) is 17.2 Å². The van der Waals surface area contributed by atoms with E-state index < -0.39 is 15.3 Å². The molecule has 2 aromatic heterocycles. The summed E-state index contributed by atoms with van der Waals surface area (Å²) in [6.07, 6.45) is 4.90. The SMILES string of the molecule is CCC1(CC)C(=O)Nc2cc(C#Cc3nccc4cnc(Nc5ccc(S(=O)(=O)CC)cc5OC)cc34)ccc21. The van der Waals surface area contributed by atoms with E-state index in [-0.39, 0.29) is 16.6 Å². The Morgan fingerprint density at radius 1 is 1.00 bits per heavy atom. The molecule has 0 saturated carbocycles. The quantitative estimate of drug-likeness (QED) is 0.287. The van der Waals surface area contributed by atoms with Crippen molar-refractivity contribution in [2.24, 2.45) is 0 Å². The van der Waals surface area contributed by atoms with E-state index in [0.29, 0.717) is 22.9 Å². The Balaban J connectivity index is 1.47. The van der Waals surface area contributed by atoms with Gasteiger partial charge in [-0.2, -0.15) is 0 Å². The number of nitrogens with one attached hydrogen (secondary N) is 2. The molecule has 0 unspecified atom stereocenters. The third kappa shape index (κ3) is 4.75. The standard InChI is InChI=1S/C31H30N4O4S/c1-5-31(6-2)24-11-8-20(16-27(24)35-30(31)36)9-12-25-23-18-29(33-19-21(23)14-15-32-25)34-26-13-10-22(17-28(26)39-4)40(37,38)7-3/h8,10-11,13-19H,5-7H2,1-4H3,(H,33,34)(H,35,36). The van der Waals surface area contributed by atoms with Crippen LogP contribution in [0, 0.1) is 11.8 Å². The van der Waals surface area contributed by atoms with Gasteiger partial charge in [-0.15, -0.1) is 0 Å². The van der Waals surface area contributed by atoms with Crippen LogP contribution in [0.2, 0.25) is 0 Å². The van der Waals surface area contributed by atoms with Crippen molar-refractivity contribution < 1.29 is 17.9 Å². The molecule has 2 aromatic carbocycles. The molecular weight excluding hydrogens is 524 g/mol. The first-order chi connectivity index (χ1) is 19.2. The Bertz CT molecular complexity index is 1800. The molecular formula is C31H30N4O4S. The van der Waals surface area contributed by atoms with Gasteiger partial charge >= 0.3 is 0 Å². The van der Waals surface area contributed by atoms with Crippen LogP contribution >= 0.6 is 0 Å². The fourth-order valence-electron chi connectivity index (χ4n) is 5.10. The van der Waals surface area contributed by atoms with Gasteiger partial charge in [-0.05, 0) is 60.7 Å². The second kappa shape index (κ2) is 10.6. The number of carbonyl (C=O) groups excluding carboxylic acids is 1. The van der Waals surface area contributed by atoms with Crippen molar-refractivity contribution in [3.63, 3.8) is 0 Å². The van der Waals surface area contributed by atoms with Gasteiger partial charge in [0.15, 0.2) is 9.84 Å². The number of ether oxygens (including phenoxy) is 1. The molecule has 0 atom stereocenters. The Kier molecular flexibility index (Phi) is 7.21. The minimum atomic E-state index is -3.37.